The number of aromatic nitrogens is 3. The molecule has 0 atom stereocenters. The first kappa shape index (κ1) is 11.4. The first-order valence-corrected chi connectivity index (χ1v) is 6.16. The average Bonchev–Trinajstić information content (AvgIpc) is 2.99. The molecule has 1 aliphatic rings. The first-order chi connectivity index (χ1) is 8.58. The van der Waals surface area contributed by atoms with E-state index in [0.29, 0.717) is 23.4 Å². The average molecular weight is 248 g/mol. The summed E-state index contributed by atoms with van der Waals surface area (Å²) >= 11 is 0. The Balaban J connectivity index is 1.96. The number of hydrogen-bond acceptors (Lipinski definition) is 6. The molecule has 0 spiro atoms. The molecular formula is C12H16N4O2. The Hall–Kier alpha value is -1.69. The summed E-state index contributed by atoms with van der Waals surface area (Å²) in [5, 5.41) is 4.00. The van der Waals surface area contributed by atoms with E-state index in [4.69, 9.17) is 14.7 Å². The minimum Gasteiger partial charge on any atom is -0.436 e. The lowest BCUT2D eigenvalue weighted by molar-refractivity contribution is 0.367. The van der Waals surface area contributed by atoms with Gasteiger partial charge in [0.2, 0.25) is 5.76 Å². The van der Waals surface area contributed by atoms with E-state index in [-0.39, 0.29) is 0 Å². The van der Waals surface area contributed by atoms with Crippen LogP contribution < -0.4 is 5.73 Å². The van der Waals surface area contributed by atoms with E-state index >= 15 is 0 Å². The van der Waals surface area contributed by atoms with Crippen LogP contribution in [0.1, 0.15) is 43.1 Å². The molecular weight excluding hydrogens is 232 g/mol. The monoisotopic (exact) mass is 248 g/mol. The minimum absolute atomic E-state index is 0.361. The van der Waals surface area contributed by atoms with Crippen molar-refractivity contribution in [1.82, 2.24) is 15.1 Å². The van der Waals surface area contributed by atoms with E-state index < -0.39 is 5.54 Å². The van der Waals surface area contributed by atoms with Crippen LogP contribution in [0.25, 0.3) is 11.7 Å². The molecule has 18 heavy (non-hydrogen) atoms. The molecule has 2 heterocycles. The van der Waals surface area contributed by atoms with Crippen molar-refractivity contribution in [3.8, 4) is 11.7 Å². The second kappa shape index (κ2) is 3.91. The summed E-state index contributed by atoms with van der Waals surface area (Å²) in [5.74, 6) is 2.06. The highest BCUT2D eigenvalue weighted by Crippen LogP contribution is 2.35. The number of nitrogens with zero attached hydrogens (tertiary/aromatic N) is 3. The van der Waals surface area contributed by atoms with E-state index in [2.05, 4.69) is 15.1 Å². The summed E-state index contributed by atoms with van der Waals surface area (Å²) in [6.45, 7) is 3.64. The normalized spacial score (nSPS) is 18.4. The lowest BCUT2D eigenvalue weighted by Crippen LogP contribution is -2.34. The van der Waals surface area contributed by atoms with Crippen molar-refractivity contribution >= 4 is 0 Å². The van der Waals surface area contributed by atoms with Crippen LogP contribution in [0.4, 0.5) is 0 Å². The third-order valence-corrected chi connectivity index (χ3v) is 3.46. The molecule has 2 aromatic rings. The molecule has 6 nitrogen and oxygen atoms in total. The van der Waals surface area contributed by atoms with Gasteiger partial charge in [-0.25, -0.2) is 4.98 Å². The zero-order valence-corrected chi connectivity index (χ0v) is 10.6. The Morgan fingerprint density at radius 3 is 2.50 bits per heavy atom. The Bertz CT molecular complexity index is 566. The summed E-state index contributed by atoms with van der Waals surface area (Å²) in [7, 11) is 0. The first-order valence-electron chi connectivity index (χ1n) is 6.16. The molecule has 0 bridgehead atoms. The van der Waals surface area contributed by atoms with E-state index in [9.17, 15) is 0 Å². The standard InChI is InChI=1S/C12H16N4O2/c1-7-9(17-8(2)14-7)10-15-11(16-18-10)12(13)5-3-4-6-12/h3-6,13H2,1-2H3. The van der Waals surface area contributed by atoms with Crippen molar-refractivity contribution in [2.45, 2.75) is 45.1 Å². The quantitative estimate of drug-likeness (QED) is 0.874. The lowest BCUT2D eigenvalue weighted by atomic mass is 9.99. The van der Waals surface area contributed by atoms with Crippen LogP contribution in [-0.2, 0) is 5.54 Å². The second-order valence-electron chi connectivity index (χ2n) is 4.93. The molecule has 1 fully saturated rings. The van der Waals surface area contributed by atoms with Crippen LogP contribution in [0.5, 0.6) is 0 Å². The van der Waals surface area contributed by atoms with Crippen molar-refractivity contribution in [1.29, 1.82) is 0 Å². The Labute approximate surface area is 105 Å². The van der Waals surface area contributed by atoms with Crippen molar-refractivity contribution in [3.63, 3.8) is 0 Å². The molecule has 6 heteroatoms. The zero-order valence-electron chi connectivity index (χ0n) is 10.6. The van der Waals surface area contributed by atoms with Gasteiger partial charge in [0.1, 0.15) is 0 Å². The fraction of sp³-hybridized carbons (Fsp3) is 0.583. The Morgan fingerprint density at radius 2 is 1.89 bits per heavy atom. The molecule has 2 N–H and O–H groups in total. The van der Waals surface area contributed by atoms with E-state index in [1.165, 1.54) is 0 Å². The molecule has 1 saturated carbocycles. The summed E-state index contributed by atoms with van der Waals surface area (Å²) in [4.78, 5) is 8.56. The van der Waals surface area contributed by atoms with Crippen molar-refractivity contribution in [2.24, 2.45) is 5.73 Å². The molecule has 96 valence electrons. The summed E-state index contributed by atoms with van der Waals surface area (Å²) < 4.78 is 10.7. The number of nitrogens with two attached hydrogens (primary N) is 1. The SMILES string of the molecule is Cc1nc(C)c(-c2nc(C3(N)CCCC3)no2)o1. The van der Waals surface area contributed by atoms with Crippen LogP contribution in [0.15, 0.2) is 8.94 Å². The van der Waals surface area contributed by atoms with Crippen molar-refractivity contribution in [3.05, 3.63) is 17.4 Å². The van der Waals surface area contributed by atoms with Gasteiger partial charge in [-0.3, -0.25) is 0 Å². The molecule has 0 aromatic carbocycles. The van der Waals surface area contributed by atoms with Crippen LogP contribution in [0.2, 0.25) is 0 Å². The molecule has 0 amide bonds. The fourth-order valence-electron chi connectivity index (χ4n) is 2.48. The maximum Gasteiger partial charge on any atom is 0.295 e. The van der Waals surface area contributed by atoms with Crippen molar-refractivity contribution < 1.29 is 8.94 Å². The summed E-state index contributed by atoms with van der Waals surface area (Å²) in [5.41, 5.74) is 6.59. The third kappa shape index (κ3) is 1.73. The van der Waals surface area contributed by atoms with Crippen LogP contribution >= 0.6 is 0 Å². The van der Waals surface area contributed by atoms with Gasteiger partial charge in [0, 0.05) is 6.92 Å². The number of aryl methyl sites for hydroxylation is 2. The Morgan fingerprint density at radius 1 is 1.17 bits per heavy atom. The highest BCUT2D eigenvalue weighted by atomic mass is 16.5. The maximum atomic E-state index is 6.28. The van der Waals surface area contributed by atoms with Gasteiger partial charge >= 0.3 is 0 Å². The van der Waals surface area contributed by atoms with E-state index in [1.807, 2.05) is 6.92 Å². The number of hydrogen-bond donors (Lipinski definition) is 1. The number of oxazole rings is 1. The van der Waals surface area contributed by atoms with Crippen molar-refractivity contribution in [2.75, 3.05) is 0 Å². The highest BCUT2D eigenvalue weighted by molar-refractivity contribution is 5.47. The molecule has 0 saturated heterocycles. The molecule has 0 radical (unpaired) electrons. The van der Waals surface area contributed by atoms with Gasteiger partial charge in [-0.05, 0) is 19.8 Å². The molecule has 0 aliphatic heterocycles. The van der Waals surface area contributed by atoms with Crippen LogP contribution in [0.3, 0.4) is 0 Å². The molecule has 3 rings (SSSR count). The van der Waals surface area contributed by atoms with Crippen LogP contribution in [0, 0.1) is 13.8 Å². The minimum atomic E-state index is -0.440. The molecule has 2 aromatic heterocycles. The lowest BCUT2D eigenvalue weighted by Gasteiger charge is -2.17. The van der Waals surface area contributed by atoms with Gasteiger partial charge in [-0.15, -0.1) is 0 Å². The predicted octanol–water partition coefficient (Wildman–Crippen LogP) is 2.07. The zero-order chi connectivity index (χ0) is 12.8. The Kier molecular flexibility index (Phi) is 2.48. The van der Waals surface area contributed by atoms with E-state index in [0.717, 1.165) is 31.4 Å². The number of rotatable bonds is 2. The van der Waals surface area contributed by atoms with Gasteiger partial charge in [-0.1, -0.05) is 18.0 Å². The maximum absolute atomic E-state index is 6.28. The summed E-state index contributed by atoms with van der Waals surface area (Å²) in [6, 6.07) is 0. The third-order valence-electron chi connectivity index (χ3n) is 3.46. The fourth-order valence-corrected chi connectivity index (χ4v) is 2.48. The van der Waals surface area contributed by atoms with Gasteiger partial charge < -0.3 is 14.7 Å². The van der Waals surface area contributed by atoms with Gasteiger partial charge in [0.25, 0.3) is 5.89 Å². The van der Waals surface area contributed by atoms with Gasteiger partial charge in [0.05, 0.1) is 11.2 Å². The van der Waals surface area contributed by atoms with E-state index in [1.54, 1.807) is 6.92 Å². The van der Waals surface area contributed by atoms with Gasteiger partial charge in [-0.2, -0.15) is 4.98 Å². The van der Waals surface area contributed by atoms with Crippen LogP contribution in [-0.4, -0.2) is 15.1 Å². The summed E-state index contributed by atoms with van der Waals surface area (Å²) in [6.07, 6.45) is 4.03. The predicted molar refractivity (Wildman–Crippen MR) is 63.6 cm³/mol. The second-order valence-corrected chi connectivity index (χ2v) is 4.93. The molecule has 0 unspecified atom stereocenters. The highest BCUT2D eigenvalue weighted by Gasteiger charge is 2.36. The molecule has 1 aliphatic carbocycles. The topological polar surface area (TPSA) is 91.0 Å². The van der Waals surface area contributed by atoms with Gasteiger partial charge in [0.15, 0.2) is 11.7 Å². The smallest absolute Gasteiger partial charge is 0.295 e. The largest absolute Gasteiger partial charge is 0.436 e.